The third-order valence-electron chi connectivity index (χ3n) is 6.77. The van der Waals surface area contributed by atoms with Gasteiger partial charge in [-0.15, -0.1) is 0 Å². The number of nitrogens with zero attached hydrogens (tertiary/aromatic N) is 1. The zero-order valence-electron chi connectivity index (χ0n) is 16.1. The van der Waals surface area contributed by atoms with Gasteiger partial charge < -0.3 is 14.4 Å². The van der Waals surface area contributed by atoms with Crippen LogP contribution in [0.3, 0.4) is 0 Å². The van der Waals surface area contributed by atoms with Gasteiger partial charge in [-0.3, -0.25) is 4.79 Å². The van der Waals surface area contributed by atoms with Gasteiger partial charge in [0.2, 0.25) is 0 Å². The minimum absolute atomic E-state index is 0.0845. The van der Waals surface area contributed by atoms with E-state index in [9.17, 15) is 4.79 Å². The molecule has 1 saturated heterocycles. The van der Waals surface area contributed by atoms with Crippen molar-refractivity contribution in [1.29, 1.82) is 0 Å². The van der Waals surface area contributed by atoms with Crippen LogP contribution in [0.2, 0.25) is 0 Å². The molecule has 2 aliphatic carbocycles. The summed E-state index contributed by atoms with van der Waals surface area (Å²) in [4.78, 5) is 14.5. The Morgan fingerprint density at radius 3 is 2.77 bits per heavy atom. The fourth-order valence-electron chi connectivity index (χ4n) is 5.29. The molecule has 1 aliphatic heterocycles. The smallest absolute Gasteiger partial charge is 0.161 e. The van der Waals surface area contributed by atoms with Crippen LogP contribution in [0.5, 0.6) is 11.5 Å². The van der Waals surface area contributed by atoms with Gasteiger partial charge in [-0.1, -0.05) is 6.07 Å². The van der Waals surface area contributed by atoms with Crippen LogP contribution in [0.25, 0.3) is 0 Å². The Morgan fingerprint density at radius 1 is 1.19 bits per heavy atom. The predicted octanol–water partition coefficient (Wildman–Crippen LogP) is 4.10. The van der Waals surface area contributed by atoms with E-state index in [1.807, 2.05) is 6.92 Å². The average Bonchev–Trinajstić information content (AvgIpc) is 3.26. The fourth-order valence-corrected chi connectivity index (χ4v) is 5.29. The third kappa shape index (κ3) is 3.13. The maximum Gasteiger partial charge on any atom is 0.161 e. The number of hydrogen-bond donors (Lipinski definition) is 0. The number of carbonyl (C=O) groups excluding carboxylic acids is 1. The normalized spacial score (nSPS) is 29.8. The van der Waals surface area contributed by atoms with E-state index in [0.717, 1.165) is 43.7 Å². The van der Waals surface area contributed by atoms with Gasteiger partial charge in [0.05, 0.1) is 12.7 Å². The summed E-state index contributed by atoms with van der Waals surface area (Å²) in [6, 6.07) is 6.85. The van der Waals surface area contributed by atoms with Crippen molar-refractivity contribution in [1.82, 2.24) is 4.90 Å². The third-order valence-corrected chi connectivity index (χ3v) is 6.77. The van der Waals surface area contributed by atoms with Gasteiger partial charge in [-0.05, 0) is 76.7 Å². The summed E-state index contributed by atoms with van der Waals surface area (Å²) in [5.74, 6) is 2.16. The van der Waals surface area contributed by atoms with Crippen LogP contribution in [0, 0.1) is 0 Å². The first-order valence-electron chi connectivity index (χ1n) is 10.3. The first-order valence-corrected chi connectivity index (χ1v) is 10.3. The Morgan fingerprint density at radius 2 is 2.00 bits per heavy atom. The number of ketones is 1. The molecule has 26 heavy (non-hydrogen) atoms. The molecule has 0 aromatic heterocycles. The summed E-state index contributed by atoms with van der Waals surface area (Å²) in [5.41, 5.74) is 1.41. The lowest BCUT2D eigenvalue weighted by atomic mass is 9.66. The van der Waals surface area contributed by atoms with E-state index in [-0.39, 0.29) is 5.41 Å². The lowest BCUT2D eigenvalue weighted by molar-refractivity contribution is -0.122. The van der Waals surface area contributed by atoms with Gasteiger partial charge in [0.15, 0.2) is 11.5 Å². The summed E-state index contributed by atoms with van der Waals surface area (Å²) in [6.45, 7) is 3.72. The monoisotopic (exact) mass is 357 g/mol. The number of Topliss-reactive ketones (excluding diaryl/α,β-unsaturated/α-hetero) is 1. The maximum absolute atomic E-state index is 12.1. The minimum Gasteiger partial charge on any atom is -0.490 e. The highest BCUT2D eigenvalue weighted by molar-refractivity contribution is 5.81. The van der Waals surface area contributed by atoms with Crippen molar-refractivity contribution < 1.29 is 14.3 Å². The molecular weight excluding hydrogens is 326 g/mol. The number of benzene rings is 1. The molecule has 0 N–H and O–H groups in total. The molecule has 1 aromatic rings. The number of ether oxygens (including phenoxy) is 2. The maximum atomic E-state index is 12.1. The molecule has 1 heterocycles. The van der Waals surface area contributed by atoms with E-state index in [2.05, 4.69) is 30.1 Å². The lowest BCUT2D eigenvalue weighted by Crippen LogP contribution is -2.46. The Balaban J connectivity index is 1.68. The number of rotatable bonds is 5. The van der Waals surface area contributed by atoms with Crippen molar-refractivity contribution in [2.24, 2.45) is 0 Å². The van der Waals surface area contributed by atoms with Gasteiger partial charge in [0, 0.05) is 24.3 Å². The summed E-state index contributed by atoms with van der Waals surface area (Å²) < 4.78 is 12.2. The van der Waals surface area contributed by atoms with E-state index in [1.165, 1.54) is 18.4 Å². The molecule has 2 saturated carbocycles. The molecule has 2 atom stereocenters. The molecule has 0 radical (unpaired) electrons. The van der Waals surface area contributed by atoms with Crippen molar-refractivity contribution in [3.63, 3.8) is 0 Å². The zero-order valence-corrected chi connectivity index (χ0v) is 16.1. The van der Waals surface area contributed by atoms with Crippen molar-refractivity contribution >= 4 is 5.78 Å². The summed E-state index contributed by atoms with van der Waals surface area (Å²) in [7, 11) is 2.16. The molecule has 1 aromatic carbocycles. The van der Waals surface area contributed by atoms with Crippen molar-refractivity contribution in [3.05, 3.63) is 23.8 Å². The Bertz CT molecular complexity index is 667. The predicted molar refractivity (Wildman–Crippen MR) is 102 cm³/mol. The van der Waals surface area contributed by atoms with Crippen LogP contribution in [0.4, 0.5) is 0 Å². The van der Waals surface area contributed by atoms with Crippen LogP contribution in [0.15, 0.2) is 18.2 Å². The van der Waals surface area contributed by atoms with E-state index in [1.54, 1.807) is 0 Å². The number of hydrogen-bond acceptors (Lipinski definition) is 4. The van der Waals surface area contributed by atoms with E-state index >= 15 is 0 Å². The molecule has 0 bridgehead atoms. The number of fused-ring (bicyclic) bond motifs is 1. The molecule has 3 aliphatic rings. The zero-order chi connectivity index (χ0) is 18.1. The van der Waals surface area contributed by atoms with Crippen molar-refractivity contribution in [2.75, 3.05) is 20.2 Å². The van der Waals surface area contributed by atoms with Crippen molar-refractivity contribution in [3.8, 4) is 11.5 Å². The average molecular weight is 357 g/mol. The summed E-state index contributed by atoms with van der Waals surface area (Å²) >= 11 is 0. The second-order valence-electron chi connectivity index (χ2n) is 8.26. The van der Waals surface area contributed by atoms with Crippen LogP contribution in [-0.4, -0.2) is 43.0 Å². The van der Waals surface area contributed by atoms with Crippen LogP contribution in [0.1, 0.15) is 63.9 Å². The van der Waals surface area contributed by atoms with E-state index < -0.39 is 0 Å². The first kappa shape index (κ1) is 17.8. The number of likely N-dealkylation sites (N-methyl/N-ethyl adjacent to an activating group) is 1. The van der Waals surface area contributed by atoms with Gasteiger partial charge >= 0.3 is 0 Å². The van der Waals surface area contributed by atoms with E-state index in [0.29, 0.717) is 37.4 Å². The van der Waals surface area contributed by atoms with Gasteiger partial charge in [0.25, 0.3) is 0 Å². The van der Waals surface area contributed by atoms with Gasteiger partial charge in [-0.2, -0.15) is 0 Å². The minimum atomic E-state index is 0.0845. The second kappa shape index (κ2) is 7.22. The van der Waals surface area contributed by atoms with Gasteiger partial charge in [0.1, 0.15) is 5.78 Å². The van der Waals surface area contributed by atoms with Crippen LogP contribution < -0.4 is 9.47 Å². The SMILES string of the molecule is CCOc1ccc([C@@]23CCC(=O)C[C@@H]2N(C)CC3)cc1OC1CCCC1. The fraction of sp³-hybridized carbons (Fsp3) is 0.682. The molecular formula is C22H31NO3. The largest absolute Gasteiger partial charge is 0.490 e. The highest BCUT2D eigenvalue weighted by atomic mass is 16.5. The Hall–Kier alpha value is -1.55. The first-order chi connectivity index (χ1) is 12.6. The van der Waals surface area contributed by atoms with E-state index in [4.69, 9.17) is 9.47 Å². The standard InChI is InChI=1S/C22H31NO3/c1-3-25-19-9-8-16(14-20(19)26-18-6-4-5-7-18)22-11-10-17(24)15-21(22)23(2)13-12-22/h8-9,14,18,21H,3-7,10-13,15H2,1-2H3/t21-,22-/m0/s1. The Labute approximate surface area is 156 Å². The highest BCUT2D eigenvalue weighted by Gasteiger charge is 2.50. The number of likely N-dealkylation sites (tertiary alicyclic amines) is 1. The van der Waals surface area contributed by atoms with Crippen molar-refractivity contribution in [2.45, 2.75) is 75.9 Å². The molecule has 4 rings (SSSR count). The molecule has 142 valence electrons. The molecule has 4 nitrogen and oxygen atoms in total. The summed E-state index contributed by atoms with van der Waals surface area (Å²) in [6.07, 6.45) is 8.58. The molecule has 3 fully saturated rings. The Kier molecular flexibility index (Phi) is 4.96. The molecule has 0 unspecified atom stereocenters. The highest BCUT2D eigenvalue weighted by Crippen LogP contribution is 2.49. The van der Waals surface area contributed by atoms with Crippen LogP contribution in [-0.2, 0) is 10.2 Å². The quantitative estimate of drug-likeness (QED) is 0.795. The number of carbonyl (C=O) groups is 1. The molecule has 0 spiro atoms. The lowest BCUT2D eigenvalue weighted by Gasteiger charge is -2.41. The molecule has 4 heteroatoms. The summed E-state index contributed by atoms with van der Waals surface area (Å²) in [5, 5.41) is 0. The second-order valence-corrected chi connectivity index (χ2v) is 8.26. The topological polar surface area (TPSA) is 38.8 Å². The van der Waals surface area contributed by atoms with Gasteiger partial charge in [-0.25, -0.2) is 0 Å². The molecule has 0 amide bonds. The van der Waals surface area contributed by atoms with Crippen LogP contribution >= 0.6 is 0 Å².